The summed E-state index contributed by atoms with van der Waals surface area (Å²) in [4.78, 5) is 33.9. The lowest BCUT2D eigenvalue weighted by Gasteiger charge is -2.46. The molecule has 5 aromatic carbocycles. The zero-order valence-electron chi connectivity index (χ0n) is 38.2. The molecule has 0 atom stereocenters. The molecule has 0 aliphatic carbocycles. The van der Waals surface area contributed by atoms with Crippen molar-refractivity contribution in [3.05, 3.63) is 183 Å². The average Bonchev–Trinajstić information content (AvgIpc) is 3.39. The second kappa shape index (κ2) is 21.8. The van der Waals surface area contributed by atoms with Gasteiger partial charge in [-0.1, -0.05) is 78.9 Å². The number of esters is 1. The van der Waals surface area contributed by atoms with E-state index in [-0.39, 0.29) is 17.9 Å². The highest BCUT2D eigenvalue weighted by Crippen LogP contribution is 2.41. The molecule has 0 bridgehead atoms. The Morgan fingerprint density at radius 3 is 0.861 bits per heavy atom. The van der Waals surface area contributed by atoms with Gasteiger partial charge in [-0.15, -0.1) is 0 Å². The maximum Gasteiger partial charge on any atom is 0.416 e. The standard InChI is InChI=1S/C32H12BF24.C16H13NO5/c34-25(35,36)13-1-14(26(37,38)39)6-21(5-13)33(22-7-15(27(40,41)42)2-16(8-22)28(43,44)45,23-9-17(29(46,47)48)3-18(10-23)30(49,50)51)24-11-19(31(52,53)54)4-20(12-24)32(55,56)57;18-14(12-4-2-1-3-5-12)10-17-8-6-13(7-9-17)16(21)22-11-15(19)20/h1-12H;1-9H,10-11H2/q-1;/p+1. The van der Waals surface area contributed by atoms with Crippen molar-refractivity contribution < 1.29 is 134 Å². The third-order valence-electron chi connectivity index (χ3n) is 11.3. The lowest BCUT2D eigenvalue weighted by Crippen LogP contribution is -2.75. The van der Waals surface area contributed by atoms with Crippen LogP contribution in [-0.4, -0.2) is 35.6 Å². The number of aliphatic carboxylic acids is 1. The van der Waals surface area contributed by atoms with Gasteiger partial charge in [0.05, 0.1) is 50.1 Å². The van der Waals surface area contributed by atoms with E-state index in [0.29, 0.717) is 5.56 Å². The Bertz CT molecular complexity index is 2770. The topological polar surface area (TPSA) is 84.6 Å². The van der Waals surface area contributed by atoms with Crippen molar-refractivity contribution in [2.24, 2.45) is 0 Å². The number of carbonyl (C=O) groups is 3. The Morgan fingerprint density at radius 1 is 0.380 bits per heavy atom. The second-order valence-corrected chi connectivity index (χ2v) is 16.7. The normalized spacial score (nSPS) is 13.1. The van der Waals surface area contributed by atoms with Gasteiger partial charge >= 0.3 is 61.3 Å². The molecule has 0 unspecified atom stereocenters. The molecule has 0 radical (unpaired) electrons. The number of alkyl halides is 24. The third kappa shape index (κ3) is 15.1. The van der Waals surface area contributed by atoms with Gasteiger partial charge in [-0.05, 0) is 24.3 Å². The zero-order chi connectivity index (χ0) is 59.9. The lowest BCUT2D eigenvalue weighted by molar-refractivity contribution is -0.683. The molecule has 0 fully saturated rings. The van der Waals surface area contributed by atoms with Gasteiger partial charge in [-0.3, -0.25) is 4.79 Å². The first-order valence-corrected chi connectivity index (χ1v) is 21.1. The molecule has 0 amide bonds. The SMILES string of the molecule is FC(F)(F)c1cc([B-](c2cc(C(F)(F)F)cc(C(F)(F)F)c2)(c2cc(C(F)(F)F)cc(C(F)(F)F)c2)c2cc(C(F)(F)F)cc(C(F)(F)F)c2)cc(C(F)(F)F)c1.O=C(O)COC(=O)c1cc[n+](CC(=O)c2ccccc2)cc1. The van der Waals surface area contributed by atoms with Crippen LogP contribution in [0.2, 0.25) is 0 Å². The Morgan fingerprint density at radius 2 is 0.633 bits per heavy atom. The summed E-state index contributed by atoms with van der Waals surface area (Å²) in [6, 6.07) is 3.03. The van der Waals surface area contributed by atoms with Crippen LogP contribution in [0, 0.1) is 0 Å². The summed E-state index contributed by atoms with van der Waals surface area (Å²) < 4.78 is 347. The van der Waals surface area contributed by atoms with Gasteiger partial charge in [-0.2, -0.15) is 132 Å². The van der Waals surface area contributed by atoms with E-state index in [0.717, 1.165) is 0 Å². The van der Waals surface area contributed by atoms with Crippen molar-refractivity contribution in [3.8, 4) is 0 Å². The van der Waals surface area contributed by atoms with Crippen molar-refractivity contribution in [1.29, 1.82) is 0 Å². The average molecular weight is 1160 g/mol. The summed E-state index contributed by atoms with van der Waals surface area (Å²) in [5, 5.41) is 8.44. The van der Waals surface area contributed by atoms with Crippen molar-refractivity contribution >= 4 is 45.7 Å². The first-order chi connectivity index (χ1) is 35.8. The number of pyridine rings is 1. The predicted octanol–water partition coefficient (Wildman–Crippen LogP) is 12.3. The lowest BCUT2D eigenvalue weighted by atomic mass is 9.12. The molecule has 1 aromatic heterocycles. The smallest absolute Gasteiger partial charge is 0.416 e. The number of carbonyl (C=O) groups excluding carboxylic acids is 2. The molecule has 0 saturated carbocycles. The minimum Gasteiger partial charge on any atom is -0.479 e. The summed E-state index contributed by atoms with van der Waals surface area (Å²) >= 11 is 0. The van der Waals surface area contributed by atoms with E-state index in [1.807, 2.05) is 6.07 Å². The minimum absolute atomic E-state index is 0.0493. The van der Waals surface area contributed by atoms with Gasteiger partial charge in [0.2, 0.25) is 12.3 Å². The quantitative estimate of drug-likeness (QED) is 0.0486. The van der Waals surface area contributed by atoms with E-state index in [4.69, 9.17) is 5.11 Å². The highest BCUT2D eigenvalue weighted by molar-refractivity contribution is 7.20. The number of carboxylic acids is 1. The second-order valence-electron chi connectivity index (χ2n) is 16.7. The molecule has 0 aliphatic rings. The molecular formula is C48H26BF24NO5. The molecule has 31 heteroatoms. The van der Waals surface area contributed by atoms with Crippen molar-refractivity contribution in [2.75, 3.05) is 6.61 Å². The number of hydrogen-bond acceptors (Lipinski definition) is 4. The molecule has 0 spiro atoms. The fraction of sp³-hybridized carbons (Fsp3) is 0.208. The van der Waals surface area contributed by atoms with Gasteiger partial charge < -0.3 is 9.84 Å². The van der Waals surface area contributed by atoms with Crippen LogP contribution >= 0.6 is 0 Å². The number of rotatable bonds is 10. The molecule has 6 nitrogen and oxygen atoms in total. The van der Waals surface area contributed by atoms with E-state index >= 15 is 0 Å². The zero-order valence-corrected chi connectivity index (χ0v) is 38.2. The van der Waals surface area contributed by atoms with Gasteiger partial charge in [0.25, 0.3) is 0 Å². The summed E-state index contributed by atoms with van der Waals surface area (Å²) in [7, 11) is 0. The van der Waals surface area contributed by atoms with E-state index in [1.165, 1.54) is 12.1 Å². The Balaban J connectivity index is 0.000000433. The number of nitrogens with zero attached hydrogens (tertiary/aromatic N) is 1. The van der Waals surface area contributed by atoms with Crippen molar-refractivity contribution in [3.63, 3.8) is 0 Å². The molecule has 0 aliphatic heterocycles. The summed E-state index contributed by atoms with van der Waals surface area (Å²) in [6.45, 7) is -0.533. The molecule has 79 heavy (non-hydrogen) atoms. The van der Waals surface area contributed by atoms with Crippen LogP contribution in [0.25, 0.3) is 0 Å². The Labute approximate surface area is 425 Å². The number of hydrogen-bond donors (Lipinski definition) is 1. The first kappa shape index (κ1) is 62.1. The molecular weight excluding hydrogens is 1140 g/mol. The molecule has 6 rings (SSSR count). The highest BCUT2D eigenvalue weighted by Gasteiger charge is 2.47. The van der Waals surface area contributed by atoms with Crippen LogP contribution in [0.1, 0.15) is 65.2 Å². The number of aromatic nitrogens is 1. The number of benzene rings is 5. The Hall–Kier alpha value is -7.76. The first-order valence-electron chi connectivity index (χ1n) is 21.1. The minimum atomic E-state index is -6.13. The van der Waals surface area contributed by atoms with Gasteiger partial charge in [0.15, 0.2) is 19.0 Å². The third-order valence-corrected chi connectivity index (χ3v) is 11.3. The van der Waals surface area contributed by atoms with Crippen LogP contribution < -0.4 is 26.4 Å². The number of ketones is 1. The molecule has 0 saturated heterocycles. The van der Waals surface area contributed by atoms with E-state index in [1.54, 1.807) is 41.2 Å². The van der Waals surface area contributed by atoms with Crippen LogP contribution in [0.5, 0.6) is 0 Å². The Kier molecular flexibility index (Phi) is 17.1. The number of ether oxygens (including phenoxy) is 1. The summed E-state index contributed by atoms with van der Waals surface area (Å²) in [5.41, 5.74) is -29.4. The van der Waals surface area contributed by atoms with Gasteiger partial charge in [0, 0.05) is 17.7 Å². The maximum absolute atomic E-state index is 14.2. The monoisotopic (exact) mass is 1160 g/mol. The molecule has 1 heterocycles. The highest BCUT2D eigenvalue weighted by atomic mass is 19.4. The summed E-state index contributed by atoms with van der Waals surface area (Å²) in [6.07, 6.45) is -51.7. The van der Waals surface area contributed by atoms with Crippen LogP contribution in [0.15, 0.2) is 128 Å². The fourth-order valence-corrected chi connectivity index (χ4v) is 7.86. The van der Waals surface area contributed by atoms with Crippen LogP contribution in [-0.2, 0) is 65.5 Å². The van der Waals surface area contributed by atoms with E-state index in [2.05, 4.69) is 4.74 Å². The fourth-order valence-electron chi connectivity index (χ4n) is 7.86. The van der Waals surface area contributed by atoms with E-state index in [9.17, 15) is 120 Å². The van der Waals surface area contributed by atoms with Crippen LogP contribution in [0.4, 0.5) is 105 Å². The molecule has 6 aromatic rings. The van der Waals surface area contributed by atoms with Crippen LogP contribution in [0.3, 0.4) is 0 Å². The predicted molar refractivity (Wildman–Crippen MR) is 225 cm³/mol. The molecule has 1 N–H and O–H groups in total. The van der Waals surface area contributed by atoms with Gasteiger partial charge in [-0.25, -0.2) is 9.59 Å². The number of halogens is 24. The van der Waals surface area contributed by atoms with E-state index < -0.39 is 213 Å². The van der Waals surface area contributed by atoms with Gasteiger partial charge in [0.1, 0.15) is 6.15 Å². The number of Topliss-reactive ketones (excluding diaryl/α,β-unsaturated/α-hetero) is 1. The van der Waals surface area contributed by atoms with Crippen molar-refractivity contribution in [2.45, 2.75) is 56.0 Å². The number of carboxylic acid groups (broad SMARTS) is 1. The maximum atomic E-state index is 14.2. The summed E-state index contributed by atoms with van der Waals surface area (Å²) in [5.74, 6) is -1.98. The largest absolute Gasteiger partial charge is 0.479 e. The molecule has 424 valence electrons. The van der Waals surface area contributed by atoms with Crippen molar-refractivity contribution in [1.82, 2.24) is 0 Å².